The second kappa shape index (κ2) is 15.8. The first-order chi connectivity index (χ1) is 22.3. The third kappa shape index (κ3) is 7.69. The number of aromatic amines is 1. The number of hydrogen-bond donors (Lipinski definition) is 2. The van der Waals surface area contributed by atoms with Crippen LogP contribution in [0.5, 0.6) is 0 Å². The summed E-state index contributed by atoms with van der Waals surface area (Å²) in [7, 11) is 0. The number of nitrogens with zero attached hydrogens (tertiary/aromatic N) is 7. The van der Waals surface area contributed by atoms with E-state index in [9.17, 15) is 9.90 Å². The minimum atomic E-state index is -0.779. The molecule has 0 radical (unpaired) electrons. The van der Waals surface area contributed by atoms with Crippen LogP contribution in [0.1, 0.15) is 94.4 Å². The van der Waals surface area contributed by atoms with E-state index < -0.39 is 5.60 Å². The fourth-order valence-corrected chi connectivity index (χ4v) is 6.65. The summed E-state index contributed by atoms with van der Waals surface area (Å²) in [6.45, 7) is 8.35. The molecule has 3 aromatic heterocycles. The molecule has 2 N–H and O–H groups in total. The molecule has 0 spiro atoms. The summed E-state index contributed by atoms with van der Waals surface area (Å²) in [5.74, 6) is 1.90. The second-order valence-electron chi connectivity index (χ2n) is 12.6. The average molecular weight is 665 g/mol. The van der Waals surface area contributed by atoms with Crippen LogP contribution >= 0.6 is 0 Å². The molecular formula is C35H45KN8O3. The summed E-state index contributed by atoms with van der Waals surface area (Å²) >= 11 is 0. The van der Waals surface area contributed by atoms with E-state index in [2.05, 4.69) is 57.9 Å². The SMILES string of the molecule is CCCc1c(Cc2ccc(-c3ccccc3-c3nnn[nH]3)cc2)c(=O)n(C2CCC(OCC(O)(CC)CC)CC2)c2nc(C)nn12.[KH]. The predicted molar refractivity (Wildman–Crippen MR) is 184 cm³/mol. The molecule has 0 amide bonds. The van der Waals surface area contributed by atoms with Crippen molar-refractivity contribution in [3.63, 3.8) is 0 Å². The summed E-state index contributed by atoms with van der Waals surface area (Å²) in [5, 5.41) is 29.9. The maximum atomic E-state index is 14.5. The molecule has 2 aromatic carbocycles. The van der Waals surface area contributed by atoms with E-state index in [4.69, 9.17) is 14.8 Å². The van der Waals surface area contributed by atoms with Gasteiger partial charge in [-0.05, 0) is 79.0 Å². The van der Waals surface area contributed by atoms with Gasteiger partial charge in [0.25, 0.3) is 5.56 Å². The first-order valence-electron chi connectivity index (χ1n) is 16.6. The van der Waals surface area contributed by atoms with Crippen molar-refractivity contribution < 1.29 is 9.84 Å². The van der Waals surface area contributed by atoms with Gasteiger partial charge in [-0.3, -0.25) is 9.36 Å². The molecule has 0 unspecified atom stereocenters. The molecule has 244 valence electrons. The Labute approximate surface area is 318 Å². The number of ether oxygens (including phenoxy) is 1. The Balaban J connectivity index is 0.00000433. The van der Waals surface area contributed by atoms with Gasteiger partial charge in [-0.1, -0.05) is 75.7 Å². The topological polar surface area (TPSA) is 136 Å². The number of fused-ring (bicyclic) bond motifs is 1. The van der Waals surface area contributed by atoms with Gasteiger partial charge in [-0.25, -0.2) is 9.61 Å². The van der Waals surface area contributed by atoms with Crippen molar-refractivity contribution in [3.05, 3.63) is 81.5 Å². The van der Waals surface area contributed by atoms with Crippen molar-refractivity contribution >= 4 is 57.2 Å². The summed E-state index contributed by atoms with van der Waals surface area (Å²) in [6, 6.07) is 16.4. The molecule has 0 bridgehead atoms. The number of nitrogens with one attached hydrogen (secondary N) is 1. The molecule has 1 fully saturated rings. The molecular weight excluding hydrogens is 620 g/mol. The fraction of sp³-hybridized carbons (Fsp3) is 0.486. The van der Waals surface area contributed by atoms with Crippen LogP contribution in [0.15, 0.2) is 53.3 Å². The van der Waals surface area contributed by atoms with E-state index in [1.807, 2.05) is 48.1 Å². The van der Waals surface area contributed by atoms with Crippen molar-refractivity contribution in [2.24, 2.45) is 0 Å². The van der Waals surface area contributed by atoms with Gasteiger partial charge in [0.2, 0.25) is 5.78 Å². The summed E-state index contributed by atoms with van der Waals surface area (Å²) in [5.41, 5.74) is 4.99. The summed E-state index contributed by atoms with van der Waals surface area (Å²) in [4.78, 5) is 19.2. The Bertz CT molecular complexity index is 1820. The van der Waals surface area contributed by atoms with Crippen LogP contribution in [0.25, 0.3) is 28.3 Å². The zero-order chi connectivity index (χ0) is 32.3. The number of aliphatic hydroxyl groups is 1. The molecule has 0 atom stereocenters. The Kier molecular flexibility index (Phi) is 12.0. The number of hydrogen-bond acceptors (Lipinski definition) is 8. The number of benzene rings is 2. The van der Waals surface area contributed by atoms with Gasteiger partial charge in [0, 0.05) is 23.6 Å². The Hall–Kier alpha value is -2.58. The van der Waals surface area contributed by atoms with Gasteiger partial charge in [-0.15, -0.1) is 5.10 Å². The molecule has 0 saturated heterocycles. The van der Waals surface area contributed by atoms with Crippen LogP contribution in [0.4, 0.5) is 0 Å². The third-order valence-corrected chi connectivity index (χ3v) is 9.57. The minimum absolute atomic E-state index is 0. The van der Waals surface area contributed by atoms with E-state index in [1.54, 1.807) is 0 Å². The third-order valence-electron chi connectivity index (χ3n) is 9.57. The van der Waals surface area contributed by atoms with E-state index in [0.29, 0.717) is 43.3 Å². The second-order valence-corrected chi connectivity index (χ2v) is 12.6. The Morgan fingerprint density at radius 3 is 2.34 bits per heavy atom. The molecule has 47 heavy (non-hydrogen) atoms. The molecule has 1 aliphatic rings. The van der Waals surface area contributed by atoms with Gasteiger partial charge in [0.05, 0.1) is 24.0 Å². The molecule has 11 nitrogen and oxygen atoms in total. The van der Waals surface area contributed by atoms with Crippen molar-refractivity contribution in [1.82, 2.24) is 39.8 Å². The zero-order valence-corrected chi connectivity index (χ0v) is 27.2. The fourth-order valence-electron chi connectivity index (χ4n) is 6.65. The predicted octanol–water partition coefficient (Wildman–Crippen LogP) is 4.99. The Morgan fingerprint density at radius 1 is 1.00 bits per heavy atom. The van der Waals surface area contributed by atoms with E-state index >= 15 is 0 Å². The van der Waals surface area contributed by atoms with Gasteiger partial charge >= 0.3 is 51.4 Å². The molecule has 5 aromatic rings. The summed E-state index contributed by atoms with van der Waals surface area (Å²) in [6.07, 6.45) is 6.83. The molecule has 0 aliphatic heterocycles. The van der Waals surface area contributed by atoms with Gasteiger partial charge in [-0.2, -0.15) is 10.1 Å². The molecule has 1 aliphatic carbocycles. The zero-order valence-electron chi connectivity index (χ0n) is 27.2. The Morgan fingerprint density at radius 2 is 1.70 bits per heavy atom. The average Bonchev–Trinajstić information content (AvgIpc) is 3.76. The summed E-state index contributed by atoms with van der Waals surface area (Å²) < 4.78 is 9.99. The van der Waals surface area contributed by atoms with Crippen LogP contribution in [-0.4, -0.2) is 115 Å². The van der Waals surface area contributed by atoms with Crippen LogP contribution in [0, 0.1) is 6.92 Å². The number of rotatable bonds is 12. The van der Waals surface area contributed by atoms with Crippen LogP contribution in [-0.2, 0) is 17.6 Å². The quantitative estimate of drug-likeness (QED) is 0.178. The van der Waals surface area contributed by atoms with Crippen molar-refractivity contribution in [3.8, 4) is 22.5 Å². The van der Waals surface area contributed by atoms with E-state index in [0.717, 1.165) is 72.0 Å². The number of tetrazole rings is 1. The van der Waals surface area contributed by atoms with Crippen LogP contribution < -0.4 is 5.56 Å². The van der Waals surface area contributed by atoms with Crippen molar-refractivity contribution in [2.75, 3.05) is 6.61 Å². The van der Waals surface area contributed by atoms with Gasteiger partial charge in [0.1, 0.15) is 5.82 Å². The number of aryl methyl sites for hydroxylation is 2. The van der Waals surface area contributed by atoms with Crippen LogP contribution in [0.2, 0.25) is 0 Å². The van der Waals surface area contributed by atoms with Crippen LogP contribution in [0.3, 0.4) is 0 Å². The standard InChI is InChI=1S/C35H44N8O3.K.H/c1-5-10-31-30(21-24-13-15-25(16-14-24)28-11-8-9-12-29(28)32-37-40-41-38-32)33(44)42(34-36-23(4)39-43(31)34)26-17-19-27(20-18-26)46-22-35(45,6-2)7-3;;/h8-9,11-16,26-27,45H,5-7,10,17-22H2,1-4H3,(H,37,38,40,41);;. The maximum absolute atomic E-state index is 14.5. The van der Waals surface area contributed by atoms with Crippen molar-refractivity contribution in [1.29, 1.82) is 0 Å². The number of H-pyrrole nitrogens is 1. The van der Waals surface area contributed by atoms with E-state index in [-0.39, 0.29) is 69.1 Å². The first kappa shape index (κ1) is 35.7. The molecule has 6 rings (SSSR count). The normalized spacial score (nSPS) is 16.8. The monoisotopic (exact) mass is 664 g/mol. The number of aromatic nitrogens is 8. The van der Waals surface area contributed by atoms with Gasteiger partial charge < -0.3 is 9.84 Å². The van der Waals surface area contributed by atoms with Gasteiger partial charge in [0.15, 0.2) is 5.82 Å². The molecule has 3 heterocycles. The van der Waals surface area contributed by atoms with E-state index in [1.165, 1.54) is 0 Å². The first-order valence-corrected chi connectivity index (χ1v) is 16.6. The van der Waals surface area contributed by atoms with Crippen molar-refractivity contribution in [2.45, 2.75) is 103 Å². The molecule has 12 heteroatoms. The molecule has 1 saturated carbocycles.